The topological polar surface area (TPSA) is 55.2 Å². The number of rotatable bonds is 4. The van der Waals surface area contributed by atoms with Crippen LogP contribution in [-0.2, 0) is 6.18 Å². The number of halogens is 3. The Balaban J connectivity index is 2.12. The third kappa shape index (κ3) is 4.26. The molecule has 1 aromatic rings. The van der Waals surface area contributed by atoms with E-state index in [2.05, 4.69) is 5.32 Å². The lowest BCUT2D eigenvalue weighted by Gasteiger charge is -2.22. The van der Waals surface area contributed by atoms with Crippen LogP contribution in [0.2, 0.25) is 0 Å². The second-order valence-electron chi connectivity index (χ2n) is 4.92. The van der Waals surface area contributed by atoms with Gasteiger partial charge < -0.3 is 5.32 Å². The first kappa shape index (κ1) is 15.9. The van der Waals surface area contributed by atoms with E-state index in [4.69, 9.17) is 0 Å². The summed E-state index contributed by atoms with van der Waals surface area (Å²) in [6, 6.07) is 2.59. The SMILES string of the molecule is O=[N+]([O-])c1cc(C(F)(F)F)ccc1NCC1CCSCC1. The molecule has 0 spiro atoms. The molecule has 1 aliphatic heterocycles. The number of nitrogens with one attached hydrogen (secondary N) is 1. The number of nitro benzene ring substituents is 1. The van der Waals surface area contributed by atoms with Gasteiger partial charge in [0, 0.05) is 12.6 Å². The normalized spacial score (nSPS) is 16.7. The van der Waals surface area contributed by atoms with Gasteiger partial charge >= 0.3 is 6.18 Å². The molecule has 21 heavy (non-hydrogen) atoms. The molecule has 0 atom stereocenters. The van der Waals surface area contributed by atoms with Gasteiger partial charge in [0.15, 0.2) is 0 Å². The number of anilines is 1. The smallest absolute Gasteiger partial charge is 0.379 e. The monoisotopic (exact) mass is 320 g/mol. The molecule has 0 radical (unpaired) electrons. The Labute approximate surface area is 124 Å². The van der Waals surface area contributed by atoms with E-state index >= 15 is 0 Å². The summed E-state index contributed by atoms with van der Waals surface area (Å²) in [7, 11) is 0. The molecule has 1 aliphatic rings. The fraction of sp³-hybridized carbons (Fsp3) is 0.538. The standard InChI is InChI=1S/C13H15F3N2O2S/c14-13(15,16)10-1-2-11(12(7-10)18(19)20)17-8-9-3-5-21-6-4-9/h1-2,7,9,17H,3-6,8H2. The maximum Gasteiger partial charge on any atom is 0.416 e. The Morgan fingerprint density at radius 2 is 2.00 bits per heavy atom. The van der Waals surface area contributed by atoms with E-state index in [1.54, 1.807) is 0 Å². The largest absolute Gasteiger partial charge is 0.416 e. The predicted molar refractivity (Wildman–Crippen MR) is 76.6 cm³/mol. The Bertz CT molecular complexity index is 517. The average Bonchev–Trinajstić information content (AvgIpc) is 2.45. The summed E-state index contributed by atoms with van der Waals surface area (Å²) in [5.41, 5.74) is -1.39. The first-order chi connectivity index (χ1) is 9.88. The van der Waals surface area contributed by atoms with Gasteiger partial charge in [-0.25, -0.2) is 0 Å². The maximum atomic E-state index is 12.6. The Morgan fingerprint density at radius 3 is 2.57 bits per heavy atom. The van der Waals surface area contributed by atoms with Crippen molar-refractivity contribution in [2.45, 2.75) is 19.0 Å². The van der Waals surface area contributed by atoms with Crippen molar-refractivity contribution < 1.29 is 18.1 Å². The third-order valence-electron chi connectivity index (χ3n) is 3.44. The van der Waals surface area contributed by atoms with Gasteiger partial charge in [-0.2, -0.15) is 24.9 Å². The van der Waals surface area contributed by atoms with Crippen LogP contribution < -0.4 is 5.32 Å². The van der Waals surface area contributed by atoms with Gasteiger partial charge in [-0.05, 0) is 42.4 Å². The third-order valence-corrected chi connectivity index (χ3v) is 4.49. The summed E-state index contributed by atoms with van der Waals surface area (Å²) in [6.07, 6.45) is -2.54. The van der Waals surface area contributed by atoms with Crippen molar-refractivity contribution in [3.8, 4) is 0 Å². The highest BCUT2D eigenvalue weighted by Gasteiger charge is 2.33. The predicted octanol–water partition coefficient (Wildman–Crippen LogP) is 4.17. The molecule has 1 N–H and O–H groups in total. The summed E-state index contributed by atoms with van der Waals surface area (Å²) in [5.74, 6) is 2.52. The van der Waals surface area contributed by atoms with Crippen LogP contribution in [0.5, 0.6) is 0 Å². The molecule has 1 heterocycles. The van der Waals surface area contributed by atoms with Gasteiger partial charge in [-0.15, -0.1) is 0 Å². The molecule has 0 aromatic heterocycles. The van der Waals surface area contributed by atoms with Crippen LogP contribution in [-0.4, -0.2) is 23.0 Å². The average molecular weight is 320 g/mol. The van der Waals surface area contributed by atoms with Crippen LogP contribution in [0.25, 0.3) is 0 Å². The Kier molecular flexibility index (Phi) is 4.97. The first-order valence-corrected chi connectivity index (χ1v) is 7.70. The van der Waals surface area contributed by atoms with Crippen molar-refractivity contribution in [3.05, 3.63) is 33.9 Å². The minimum Gasteiger partial charge on any atom is -0.379 e. The number of nitrogens with zero attached hydrogens (tertiary/aromatic N) is 1. The molecule has 1 fully saturated rings. The summed E-state index contributed by atoms with van der Waals surface area (Å²) >= 11 is 1.87. The molecule has 1 aromatic carbocycles. The maximum absolute atomic E-state index is 12.6. The molecule has 8 heteroatoms. The number of thioether (sulfide) groups is 1. The molecule has 1 saturated heterocycles. The fourth-order valence-corrected chi connectivity index (χ4v) is 3.42. The van der Waals surface area contributed by atoms with E-state index in [0.29, 0.717) is 18.5 Å². The van der Waals surface area contributed by atoms with Gasteiger partial charge in [-0.1, -0.05) is 0 Å². The second-order valence-corrected chi connectivity index (χ2v) is 6.15. The van der Waals surface area contributed by atoms with Crippen molar-refractivity contribution in [2.24, 2.45) is 5.92 Å². The molecular formula is C13H15F3N2O2S. The van der Waals surface area contributed by atoms with Gasteiger partial charge in [0.05, 0.1) is 10.5 Å². The van der Waals surface area contributed by atoms with Crippen LogP contribution in [0.15, 0.2) is 18.2 Å². The highest BCUT2D eigenvalue weighted by atomic mass is 32.2. The summed E-state index contributed by atoms with van der Waals surface area (Å²) in [6.45, 7) is 0.548. The van der Waals surface area contributed by atoms with Gasteiger partial charge in [0.25, 0.3) is 5.69 Å². The van der Waals surface area contributed by atoms with E-state index < -0.39 is 22.4 Å². The van der Waals surface area contributed by atoms with Crippen LogP contribution >= 0.6 is 11.8 Å². The van der Waals surface area contributed by atoms with Gasteiger partial charge in [-0.3, -0.25) is 10.1 Å². The van der Waals surface area contributed by atoms with Crippen LogP contribution in [0.3, 0.4) is 0 Å². The van der Waals surface area contributed by atoms with E-state index in [1.165, 1.54) is 0 Å². The van der Waals surface area contributed by atoms with Crippen LogP contribution in [0, 0.1) is 16.0 Å². The van der Waals surface area contributed by atoms with Crippen molar-refractivity contribution in [1.29, 1.82) is 0 Å². The minimum atomic E-state index is -4.58. The van der Waals surface area contributed by atoms with Crippen molar-refractivity contribution in [3.63, 3.8) is 0 Å². The zero-order chi connectivity index (χ0) is 15.5. The number of hydrogen-bond donors (Lipinski definition) is 1. The number of hydrogen-bond acceptors (Lipinski definition) is 4. The van der Waals surface area contributed by atoms with E-state index in [9.17, 15) is 23.3 Å². The molecule has 116 valence electrons. The number of alkyl halides is 3. The van der Waals surface area contributed by atoms with Gasteiger partial charge in [0.1, 0.15) is 5.69 Å². The molecule has 0 aliphatic carbocycles. The number of nitro groups is 1. The molecule has 0 unspecified atom stereocenters. The van der Waals surface area contributed by atoms with Gasteiger partial charge in [0.2, 0.25) is 0 Å². The lowest BCUT2D eigenvalue weighted by atomic mass is 10.0. The highest BCUT2D eigenvalue weighted by Crippen LogP contribution is 2.35. The Morgan fingerprint density at radius 1 is 1.33 bits per heavy atom. The summed E-state index contributed by atoms with van der Waals surface area (Å²) in [4.78, 5) is 10.2. The Hall–Kier alpha value is -1.44. The quantitative estimate of drug-likeness (QED) is 0.668. The highest BCUT2D eigenvalue weighted by molar-refractivity contribution is 7.99. The lowest BCUT2D eigenvalue weighted by Crippen LogP contribution is -2.19. The van der Waals surface area contributed by atoms with E-state index in [-0.39, 0.29) is 5.69 Å². The first-order valence-electron chi connectivity index (χ1n) is 6.55. The molecule has 0 bridgehead atoms. The molecule has 4 nitrogen and oxygen atoms in total. The molecular weight excluding hydrogens is 305 g/mol. The van der Waals surface area contributed by atoms with Crippen molar-refractivity contribution in [2.75, 3.05) is 23.4 Å². The molecule has 0 saturated carbocycles. The molecule has 0 amide bonds. The second kappa shape index (κ2) is 6.55. The van der Waals surface area contributed by atoms with Crippen molar-refractivity contribution >= 4 is 23.1 Å². The van der Waals surface area contributed by atoms with Crippen molar-refractivity contribution in [1.82, 2.24) is 0 Å². The summed E-state index contributed by atoms with van der Waals surface area (Å²) < 4.78 is 37.8. The van der Waals surface area contributed by atoms with E-state index in [0.717, 1.165) is 36.5 Å². The summed E-state index contributed by atoms with van der Waals surface area (Å²) in [5, 5.41) is 13.9. The fourth-order valence-electron chi connectivity index (χ4n) is 2.21. The molecule has 2 rings (SSSR count). The van der Waals surface area contributed by atoms with Crippen LogP contribution in [0.4, 0.5) is 24.5 Å². The zero-order valence-corrected chi connectivity index (χ0v) is 12.0. The zero-order valence-electron chi connectivity index (χ0n) is 11.2. The van der Waals surface area contributed by atoms with Crippen LogP contribution in [0.1, 0.15) is 18.4 Å². The minimum absolute atomic E-state index is 0.145. The number of benzene rings is 1. The lowest BCUT2D eigenvalue weighted by molar-refractivity contribution is -0.384. The van der Waals surface area contributed by atoms with E-state index in [1.807, 2.05) is 11.8 Å².